The van der Waals surface area contributed by atoms with Gasteiger partial charge < -0.3 is 9.84 Å². The molecule has 23 heavy (non-hydrogen) atoms. The molecule has 0 bridgehead atoms. The Hall–Kier alpha value is -0.650. The minimum absolute atomic E-state index is 0.113. The van der Waals surface area contributed by atoms with E-state index in [-0.39, 0.29) is 5.97 Å². The number of aliphatic hydroxyl groups is 1. The predicted octanol–water partition coefficient (Wildman–Crippen LogP) is 2.23. The molecule has 0 aromatic carbocycles. The zero-order valence-electron chi connectivity index (χ0n) is 14.9. The van der Waals surface area contributed by atoms with Gasteiger partial charge in [0.1, 0.15) is 6.23 Å². The Balaban J connectivity index is 1.97. The van der Waals surface area contributed by atoms with Crippen LogP contribution in [0.3, 0.4) is 0 Å². The molecule has 134 valence electrons. The average molecular weight is 326 g/mol. The first-order chi connectivity index (χ1) is 11.1. The first kappa shape index (κ1) is 18.7. The van der Waals surface area contributed by atoms with Gasteiger partial charge in [0, 0.05) is 25.7 Å². The average Bonchev–Trinajstić information content (AvgIpc) is 2.55. The molecule has 0 aromatic heterocycles. The second kappa shape index (κ2) is 9.60. The number of hydrogen-bond donors (Lipinski definition) is 1. The van der Waals surface area contributed by atoms with Crippen LogP contribution in [0.5, 0.6) is 0 Å². The summed E-state index contributed by atoms with van der Waals surface area (Å²) in [5.74, 6) is 0.595. The Morgan fingerprint density at radius 1 is 1.26 bits per heavy atom. The zero-order valence-corrected chi connectivity index (χ0v) is 14.9. The van der Waals surface area contributed by atoms with Gasteiger partial charge in [-0.1, -0.05) is 19.3 Å². The smallest absolute Gasteiger partial charge is 0.320 e. The van der Waals surface area contributed by atoms with Crippen molar-refractivity contribution in [3.63, 3.8) is 0 Å². The fourth-order valence-corrected chi connectivity index (χ4v) is 4.04. The van der Waals surface area contributed by atoms with Crippen LogP contribution in [0.15, 0.2) is 0 Å². The number of nitrogens with zero attached hydrogens (tertiary/aromatic N) is 2. The molecule has 2 aliphatic rings. The van der Waals surface area contributed by atoms with Gasteiger partial charge in [0.15, 0.2) is 0 Å². The van der Waals surface area contributed by atoms with Gasteiger partial charge in [-0.05, 0) is 45.4 Å². The summed E-state index contributed by atoms with van der Waals surface area (Å²) in [5, 5.41) is 9.88. The van der Waals surface area contributed by atoms with E-state index in [1.54, 1.807) is 0 Å². The van der Waals surface area contributed by atoms with Crippen LogP contribution < -0.4 is 0 Å². The molecule has 2 fully saturated rings. The number of carbonyl (C=O) groups excluding carboxylic acids is 1. The third-order valence-electron chi connectivity index (χ3n) is 5.33. The molecule has 1 saturated carbocycles. The molecule has 1 aliphatic carbocycles. The van der Waals surface area contributed by atoms with E-state index in [0.29, 0.717) is 25.1 Å². The number of piperidine rings is 1. The largest absolute Gasteiger partial charge is 0.465 e. The van der Waals surface area contributed by atoms with Crippen LogP contribution in [0.25, 0.3) is 0 Å². The van der Waals surface area contributed by atoms with Gasteiger partial charge in [-0.2, -0.15) is 0 Å². The van der Waals surface area contributed by atoms with Gasteiger partial charge in [0.25, 0.3) is 0 Å². The molecule has 1 aliphatic heterocycles. The van der Waals surface area contributed by atoms with Crippen molar-refractivity contribution in [1.82, 2.24) is 9.80 Å². The van der Waals surface area contributed by atoms with E-state index in [9.17, 15) is 9.90 Å². The molecular formula is C18H34N2O3. The SMILES string of the molecule is CCOC(=O)CN(CC1CCCCC1)[C@H]1CCCN(C(C)O)C1. The van der Waals surface area contributed by atoms with Crippen LogP contribution >= 0.6 is 0 Å². The van der Waals surface area contributed by atoms with Crippen molar-refractivity contribution in [2.75, 3.05) is 32.8 Å². The highest BCUT2D eigenvalue weighted by Crippen LogP contribution is 2.26. The molecule has 0 amide bonds. The van der Waals surface area contributed by atoms with Crippen molar-refractivity contribution >= 4 is 5.97 Å². The van der Waals surface area contributed by atoms with Gasteiger partial charge in [0.2, 0.25) is 0 Å². The highest BCUT2D eigenvalue weighted by molar-refractivity contribution is 5.71. The molecule has 1 saturated heterocycles. The van der Waals surface area contributed by atoms with Crippen LogP contribution in [-0.4, -0.2) is 65.9 Å². The summed E-state index contributed by atoms with van der Waals surface area (Å²) in [4.78, 5) is 16.5. The lowest BCUT2D eigenvalue weighted by molar-refractivity contribution is -0.145. The number of rotatable bonds is 7. The Kier molecular flexibility index (Phi) is 7.80. The minimum atomic E-state index is -0.406. The molecule has 1 heterocycles. The number of ether oxygens (including phenoxy) is 1. The third-order valence-corrected chi connectivity index (χ3v) is 5.33. The van der Waals surface area contributed by atoms with Crippen molar-refractivity contribution < 1.29 is 14.6 Å². The van der Waals surface area contributed by atoms with E-state index < -0.39 is 6.23 Å². The lowest BCUT2D eigenvalue weighted by Gasteiger charge is -2.41. The number of hydrogen-bond acceptors (Lipinski definition) is 5. The summed E-state index contributed by atoms with van der Waals surface area (Å²) >= 11 is 0. The zero-order chi connectivity index (χ0) is 16.7. The maximum absolute atomic E-state index is 12.0. The first-order valence-electron chi connectivity index (χ1n) is 9.42. The van der Waals surface area contributed by atoms with Crippen molar-refractivity contribution in [3.05, 3.63) is 0 Å². The van der Waals surface area contributed by atoms with E-state index in [2.05, 4.69) is 9.80 Å². The van der Waals surface area contributed by atoms with Crippen molar-refractivity contribution in [1.29, 1.82) is 0 Å². The molecule has 5 heteroatoms. The summed E-state index contributed by atoms with van der Waals surface area (Å²) in [6.07, 6.45) is 8.35. The molecule has 1 unspecified atom stereocenters. The van der Waals surface area contributed by atoms with Gasteiger partial charge in [-0.25, -0.2) is 0 Å². The van der Waals surface area contributed by atoms with Crippen molar-refractivity contribution in [2.45, 2.75) is 71.1 Å². The minimum Gasteiger partial charge on any atom is -0.465 e. The second-order valence-corrected chi connectivity index (χ2v) is 7.16. The maximum atomic E-state index is 12.0. The van der Waals surface area contributed by atoms with Gasteiger partial charge in [0.05, 0.1) is 13.2 Å². The van der Waals surface area contributed by atoms with Gasteiger partial charge >= 0.3 is 5.97 Å². The van der Waals surface area contributed by atoms with E-state index in [0.717, 1.165) is 32.5 Å². The standard InChI is InChI=1S/C18H34N2O3/c1-3-23-18(22)14-20(12-16-8-5-4-6-9-16)17-10-7-11-19(13-17)15(2)21/h15-17,21H,3-14H2,1-2H3/t15?,17-/m0/s1. The molecule has 1 N–H and O–H groups in total. The third kappa shape index (κ3) is 6.05. The van der Waals surface area contributed by atoms with E-state index in [1.807, 2.05) is 13.8 Å². The fraction of sp³-hybridized carbons (Fsp3) is 0.944. The molecule has 2 rings (SSSR count). The molecule has 5 nitrogen and oxygen atoms in total. The monoisotopic (exact) mass is 326 g/mol. The van der Waals surface area contributed by atoms with Crippen LogP contribution in [0.1, 0.15) is 58.8 Å². The first-order valence-corrected chi connectivity index (χ1v) is 9.42. The molecule has 0 spiro atoms. The summed E-state index contributed by atoms with van der Waals surface area (Å²) in [6.45, 7) is 7.33. The van der Waals surface area contributed by atoms with E-state index in [1.165, 1.54) is 32.1 Å². The molecule has 0 aromatic rings. The van der Waals surface area contributed by atoms with Crippen LogP contribution in [0, 0.1) is 5.92 Å². The van der Waals surface area contributed by atoms with Crippen LogP contribution in [0.4, 0.5) is 0 Å². The Bertz CT molecular complexity index is 356. The van der Waals surface area contributed by atoms with Gasteiger partial charge in [-0.15, -0.1) is 0 Å². The number of esters is 1. The van der Waals surface area contributed by atoms with Crippen LogP contribution in [0.2, 0.25) is 0 Å². The van der Waals surface area contributed by atoms with Crippen molar-refractivity contribution in [2.24, 2.45) is 5.92 Å². The predicted molar refractivity (Wildman–Crippen MR) is 91.1 cm³/mol. The lowest BCUT2D eigenvalue weighted by atomic mass is 9.88. The van der Waals surface area contributed by atoms with E-state index in [4.69, 9.17) is 4.74 Å². The fourth-order valence-electron chi connectivity index (χ4n) is 4.04. The molecule has 0 radical (unpaired) electrons. The number of aliphatic hydroxyl groups excluding tert-OH is 1. The normalized spacial score (nSPS) is 25.5. The Labute approximate surface area is 141 Å². The lowest BCUT2D eigenvalue weighted by Crippen LogP contribution is -2.53. The topological polar surface area (TPSA) is 53.0 Å². The van der Waals surface area contributed by atoms with E-state index >= 15 is 0 Å². The summed E-state index contributed by atoms with van der Waals surface area (Å²) < 4.78 is 5.18. The number of likely N-dealkylation sites (tertiary alicyclic amines) is 1. The highest BCUT2D eigenvalue weighted by atomic mass is 16.5. The highest BCUT2D eigenvalue weighted by Gasteiger charge is 2.30. The number of carbonyl (C=O) groups is 1. The van der Waals surface area contributed by atoms with Gasteiger partial charge in [-0.3, -0.25) is 14.6 Å². The quantitative estimate of drug-likeness (QED) is 0.727. The summed E-state index contributed by atoms with van der Waals surface area (Å²) in [7, 11) is 0. The Morgan fingerprint density at radius 2 is 2.00 bits per heavy atom. The summed E-state index contributed by atoms with van der Waals surface area (Å²) in [6, 6.07) is 0.352. The molecule has 2 atom stereocenters. The molecular weight excluding hydrogens is 292 g/mol. The second-order valence-electron chi connectivity index (χ2n) is 7.16. The summed E-state index contributed by atoms with van der Waals surface area (Å²) in [5.41, 5.74) is 0. The Morgan fingerprint density at radius 3 is 2.65 bits per heavy atom. The van der Waals surface area contributed by atoms with Crippen molar-refractivity contribution in [3.8, 4) is 0 Å². The van der Waals surface area contributed by atoms with Crippen LogP contribution in [-0.2, 0) is 9.53 Å². The maximum Gasteiger partial charge on any atom is 0.320 e.